The van der Waals surface area contributed by atoms with E-state index in [1.54, 1.807) is 0 Å². The lowest BCUT2D eigenvalue weighted by molar-refractivity contribution is -0.209. The van der Waals surface area contributed by atoms with E-state index in [4.69, 9.17) is 47.4 Å². The van der Waals surface area contributed by atoms with Gasteiger partial charge in [-0.1, -0.05) is 109 Å². The summed E-state index contributed by atoms with van der Waals surface area (Å²) in [7, 11) is 0. The van der Waals surface area contributed by atoms with E-state index in [2.05, 4.69) is 83.1 Å². The lowest BCUT2D eigenvalue weighted by atomic mass is 9.75. The molecule has 5 fully saturated rings. The van der Waals surface area contributed by atoms with Gasteiger partial charge in [0.05, 0.1) is 0 Å². The molecule has 0 N–H and O–H groups in total. The largest absolute Gasteiger partial charge is 0.513 e. The predicted molar refractivity (Wildman–Crippen MR) is 237 cm³/mol. The third-order valence-corrected chi connectivity index (χ3v) is 14.7. The van der Waals surface area contributed by atoms with E-state index in [-0.39, 0.29) is 71.1 Å². The molecule has 364 valence electrons. The number of hydrogen-bond acceptors (Lipinski definition) is 14. The van der Waals surface area contributed by atoms with Gasteiger partial charge < -0.3 is 47.4 Å². The first-order valence-electron chi connectivity index (χ1n) is 24.5. The summed E-state index contributed by atoms with van der Waals surface area (Å²) in [4.78, 5) is 54.0. The molecule has 5 aliphatic rings. The molecule has 14 nitrogen and oxygen atoms in total. The average Bonchev–Trinajstić information content (AvgIpc) is 3.19. The molecule has 1 aliphatic heterocycles. The van der Waals surface area contributed by atoms with Crippen LogP contribution in [0.1, 0.15) is 160 Å². The van der Waals surface area contributed by atoms with Crippen LogP contribution in [0.4, 0.5) is 19.2 Å². The van der Waals surface area contributed by atoms with Crippen molar-refractivity contribution in [2.45, 2.75) is 197 Å². The van der Waals surface area contributed by atoms with Crippen molar-refractivity contribution in [2.75, 3.05) is 0 Å². The van der Waals surface area contributed by atoms with E-state index in [1.165, 1.54) is 0 Å². The quantitative estimate of drug-likeness (QED) is 0.103. The zero-order chi connectivity index (χ0) is 46.8. The minimum absolute atomic E-state index is 0.112. The maximum atomic E-state index is 13.7. The Kier molecular flexibility index (Phi) is 18.8. The van der Waals surface area contributed by atoms with Crippen LogP contribution in [0.25, 0.3) is 0 Å². The molecule has 0 spiro atoms. The number of carbonyl (C=O) groups excluding carboxylic acids is 4. The van der Waals surface area contributed by atoms with Gasteiger partial charge in [0.2, 0.25) is 11.5 Å². The van der Waals surface area contributed by atoms with Crippen molar-refractivity contribution in [1.29, 1.82) is 0 Å². The highest BCUT2D eigenvalue weighted by Gasteiger charge is 2.43. The summed E-state index contributed by atoms with van der Waals surface area (Å²) in [6.45, 7) is 25.3. The summed E-state index contributed by atoms with van der Waals surface area (Å²) < 4.78 is 58.4. The van der Waals surface area contributed by atoms with E-state index in [0.29, 0.717) is 49.4 Å². The van der Waals surface area contributed by atoms with Crippen LogP contribution in [0.5, 0.6) is 0 Å². The predicted octanol–water partition coefficient (Wildman–Crippen LogP) is 12.8. The minimum atomic E-state index is -1.74. The van der Waals surface area contributed by atoms with E-state index >= 15 is 0 Å². The molecule has 4 aliphatic carbocycles. The van der Waals surface area contributed by atoms with Crippen LogP contribution in [-0.2, 0) is 47.4 Å². The standard InChI is InChI=1S/C50H80O14/c1-27(2)35-17-13-31(9)21-39(35)59-47(51)55-25-43-45(63-49(53)61-41-23-33(11)15-19-37(41)29(5)6)58-44(26-56-48(52)60-40-22-32(10)14-18-36(40)28(3)4)46(57-43)64-50(54)62-42-24-34(12)16-20-38(42)30(7)8/h25-42,45-46H,13-24H2,1-12H3. The van der Waals surface area contributed by atoms with Crippen LogP contribution in [0, 0.1) is 71.0 Å². The molecule has 14 atom stereocenters. The molecule has 0 aromatic carbocycles. The number of rotatable bonds is 12. The summed E-state index contributed by atoms with van der Waals surface area (Å²) in [5, 5.41) is 0. The van der Waals surface area contributed by atoms with Gasteiger partial charge in [0.15, 0.2) is 0 Å². The Morgan fingerprint density at radius 2 is 0.656 bits per heavy atom. The maximum Gasteiger partial charge on any atom is 0.513 e. The highest BCUT2D eigenvalue weighted by molar-refractivity contribution is 5.63. The number of hydrogen-bond donors (Lipinski definition) is 0. The second kappa shape index (κ2) is 23.6. The Hall–Kier alpha value is -3.84. The monoisotopic (exact) mass is 905 g/mol. The molecule has 64 heavy (non-hydrogen) atoms. The van der Waals surface area contributed by atoms with Crippen molar-refractivity contribution >= 4 is 24.6 Å². The van der Waals surface area contributed by atoms with Crippen LogP contribution in [-0.4, -0.2) is 61.6 Å². The lowest BCUT2D eigenvalue weighted by Gasteiger charge is -2.38. The third-order valence-electron chi connectivity index (χ3n) is 14.7. The summed E-state index contributed by atoms with van der Waals surface area (Å²) in [5.74, 6) is 2.28. The van der Waals surface area contributed by atoms with Crippen molar-refractivity contribution in [2.24, 2.45) is 71.0 Å². The first kappa shape index (κ1) is 51.1. The summed E-state index contributed by atoms with van der Waals surface area (Å²) in [6, 6.07) is 0. The molecular formula is C50H80O14. The van der Waals surface area contributed by atoms with E-state index in [1.807, 2.05) is 0 Å². The molecule has 14 unspecified atom stereocenters. The normalized spacial score (nSPS) is 35.9. The third kappa shape index (κ3) is 14.6. The second-order valence-electron chi connectivity index (χ2n) is 21.3. The van der Waals surface area contributed by atoms with Crippen LogP contribution in [0.15, 0.2) is 24.0 Å². The lowest BCUT2D eigenvalue weighted by Crippen LogP contribution is -2.41. The van der Waals surface area contributed by atoms with Gasteiger partial charge in [-0.15, -0.1) is 0 Å². The van der Waals surface area contributed by atoms with E-state index in [0.717, 1.165) is 63.9 Å². The second-order valence-corrected chi connectivity index (χ2v) is 21.3. The van der Waals surface area contributed by atoms with Crippen molar-refractivity contribution in [3.63, 3.8) is 0 Å². The van der Waals surface area contributed by atoms with Crippen molar-refractivity contribution in [3.05, 3.63) is 24.0 Å². The number of ether oxygens (including phenoxy) is 10. The zero-order valence-electron chi connectivity index (χ0n) is 40.7. The molecule has 14 heteroatoms. The SMILES string of the molecule is CC1CCC(C(C)C)C(OC(=O)OC=C2OC(OC(=O)OC3CC(C)CCC3C(C)C)C(=COC(=O)OC3CC(C)CCC3C(C)C)OC2OC(=O)OC2CC(C)CCC2C(C)C)C1. The Balaban J connectivity index is 1.42. The molecule has 4 saturated carbocycles. The van der Waals surface area contributed by atoms with Gasteiger partial charge in [-0.25, -0.2) is 19.2 Å². The molecule has 0 aromatic heterocycles. The zero-order valence-corrected chi connectivity index (χ0v) is 40.7. The first-order chi connectivity index (χ1) is 30.3. The van der Waals surface area contributed by atoms with Crippen LogP contribution >= 0.6 is 0 Å². The van der Waals surface area contributed by atoms with Gasteiger partial charge in [0.1, 0.15) is 36.9 Å². The van der Waals surface area contributed by atoms with Gasteiger partial charge in [0, 0.05) is 0 Å². The van der Waals surface area contributed by atoms with E-state index < -0.39 is 49.4 Å². The summed E-state index contributed by atoms with van der Waals surface area (Å²) in [6.07, 6.45) is 3.06. The molecule has 1 saturated heterocycles. The molecular weight excluding hydrogens is 825 g/mol. The minimum Gasteiger partial charge on any atom is -0.441 e. The van der Waals surface area contributed by atoms with Gasteiger partial charge in [-0.05, 0) is 122 Å². The van der Waals surface area contributed by atoms with Gasteiger partial charge in [-0.2, -0.15) is 0 Å². The highest BCUT2D eigenvalue weighted by atomic mass is 16.9. The van der Waals surface area contributed by atoms with Gasteiger partial charge in [0.25, 0.3) is 0 Å². The molecule has 0 bridgehead atoms. The highest BCUT2D eigenvalue weighted by Crippen LogP contribution is 2.40. The molecule has 0 aromatic rings. The fraction of sp³-hybridized carbons (Fsp3) is 0.840. The molecule has 0 amide bonds. The summed E-state index contributed by atoms with van der Waals surface area (Å²) >= 11 is 0. The van der Waals surface area contributed by atoms with Crippen LogP contribution < -0.4 is 0 Å². The van der Waals surface area contributed by atoms with Gasteiger partial charge >= 0.3 is 37.2 Å². The Morgan fingerprint density at radius 1 is 0.406 bits per heavy atom. The van der Waals surface area contributed by atoms with E-state index in [9.17, 15) is 19.2 Å². The Bertz CT molecular complexity index is 1490. The fourth-order valence-electron chi connectivity index (χ4n) is 10.8. The summed E-state index contributed by atoms with van der Waals surface area (Å²) in [5.41, 5.74) is 0. The molecule has 5 rings (SSSR count). The first-order valence-corrected chi connectivity index (χ1v) is 24.5. The Labute approximate surface area is 382 Å². The smallest absolute Gasteiger partial charge is 0.441 e. The van der Waals surface area contributed by atoms with Crippen LogP contribution in [0.2, 0.25) is 0 Å². The topological polar surface area (TPSA) is 161 Å². The maximum absolute atomic E-state index is 13.7. The van der Waals surface area contributed by atoms with Crippen LogP contribution in [0.3, 0.4) is 0 Å². The molecule has 0 radical (unpaired) electrons. The number of carbonyl (C=O) groups is 4. The van der Waals surface area contributed by atoms with Crippen molar-refractivity contribution < 1.29 is 66.5 Å². The fourth-order valence-corrected chi connectivity index (χ4v) is 10.8. The van der Waals surface area contributed by atoms with Crippen molar-refractivity contribution in [3.8, 4) is 0 Å². The van der Waals surface area contributed by atoms with Crippen molar-refractivity contribution in [1.82, 2.24) is 0 Å². The average molecular weight is 905 g/mol. The molecule has 1 heterocycles. The Morgan fingerprint density at radius 3 is 0.906 bits per heavy atom. The van der Waals surface area contributed by atoms with Gasteiger partial charge in [-0.3, -0.25) is 0 Å².